The summed E-state index contributed by atoms with van der Waals surface area (Å²) in [6.07, 6.45) is 4.86. The number of carbonyl (C=O) groups is 3. The molecule has 43 heavy (non-hydrogen) atoms. The van der Waals surface area contributed by atoms with E-state index in [0.717, 1.165) is 36.0 Å². The number of rotatable bonds is 16. The summed E-state index contributed by atoms with van der Waals surface area (Å²) in [5.41, 5.74) is 4.14. The maximum atomic E-state index is 13.3. The molecule has 3 rings (SSSR count). The largest absolute Gasteiger partial charge is 0.451 e. The summed E-state index contributed by atoms with van der Waals surface area (Å²) < 4.78 is 5.78. The van der Waals surface area contributed by atoms with E-state index in [4.69, 9.17) is 18.8 Å². The molecule has 0 spiro atoms. The van der Waals surface area contributed by atoms with Crippen LogP contribution in [0.15, 0.2) is 65.1 Å². The summed E-state index contributed by atoms with van der Waals surface area (Å²) in [4.78, 5) is 60.1. The molecule has 0 unspecified atom stereocenters. The third-order valence-corrected chi connectivity index (χ3v) is 7.12. The first kappa shape index (κ1) is 34.7. The van der Waals surface area contributed by atoms with Crippen LogP contribution < -0.4 is 10.6 Å². The number of amides is 3. The van der Waals surface area contributed by atoms with Gasteiger partial charge in [0, 0.05) is 5.56 Å². The summed E-state index contributed by atoms with van der Waals surface area (Å²) in [7, 11) is 0. The van der Waals surface area contributed by atoms with Crippen molar-refractivity contribution >= 4 is 24.4 Å². The zero-order valence-electron chi connectivity index (χ0n) is 25.3. The molecule has 1 heterocycles. The monoisotopic (exact) mass is 591 g/mol. The number of benzene rings is 2. The molecule has 0 aliphatic carbocycles. The van der Waals surface area contributed by atoms with Crippen molar-refractivity contribution in [3.8, 4) is 11.3 Å². The number of carbonyl (C=O) groups excluding carboxylic acids is 5. The Kier molecular flexibility index (Phi) is 15.2. The van der Waals surface area contributed by atoms with Crippen LogP contribution in [-0.2, 0) is 30.6 Å². The van der Waals surface area contributed by atoms with Crippen LogP contribution in [0.2, 0.25) is 0 Å². The maximum Gasteiger partial charge on any atom is 0.373 e. The van der Waals surface area contributed by atoms with Crippen molar-refractivity contribution in [1.82, 2.24) is 15.7 Å². The van der Waals surface area contributed by atoms with E-state index in [9.17, 15) is 14.4 Å². The number of furan rings is 1. The Morgan fingerprint density at radius 3 is 2.33 bits per heavy atom. The third-order valence-electron chi connectivity index (χ3n) is 7.12. The quantitative estimate of drug-likeness (QED) is 0.0992. The molecular formula is C33H41N3O7. The van der Waals surface area contributed by atoms with Crippen molar-refractivity contribution in [2.45, 2.75) is 72.4 Å². The zero-order valence-corrected chi connectivity index (χ0v) is 25.3. The van der Waals surface area contributed by atoms with Gasteiger partial charge in [0.1, 0.15) is 12.4 Å². The predicted octanol–water partition coefficient (Wildman–Crippen LogP) is 5.35. The minimum absolute atomic E-state index is 0.0655. The van der Waals surface area contributed by atoms with E-state index in [0.29, 0.717) is 25.0 Å². The molecular weight excluding hydrogens is 550 g/mol. The zero-order chi connectivity index (χ0) is 31.6. The van der Waals surface area contributed by atoms with Crippen LogP contribution in [0, 0.1) is 19.8 Å². The van der Waals surface area contributed by atoms with Crippen molar-refractivity contribution in [1.29, 1.82) is 0 Å². The third kappa shape index (κ3) is 11.0. The van der Waals surface area contributed by atoms with Gasteiger partial charge in [-0.1, -0.05) is 75.6 Å². The Balaban J connectivity index is 0.00000206. The Morgan fingerprint density at radius 1 is 0.977 bits per heavy atom. The highest BCUT2D eigenvalue weighted by molar-refractivity contribution is 5.92. The lowest BCUT2D eigenvalue weighted by Crippen LogP contribution is -2.48. The van der Waals surface area contributed by atoms with Gasteiger partial charge in [-0.2, -0.15) is 9.59 Å². The van der Waals surface area contributed by atoms with E-state index in [1.165, 1.54) is 10.6 Å². The molecule has 3 aromatic rings. The van der Waals surface area contributed by atoms with Gasteiger partial charge in [0.25, 0.3) is 5.91 Å². The van der Waals surface area contributed by atoms with E-state index in [1.807, 2.05) is 69.3 Å². The topological polar surface area (TPSA) is 135 Å². The van der Waals surface area contributed by atoms with Crippen LogP contribution in [0.3, 0.4) is 0 Å². The normalized spacial score (nSPS) is 11.7. The van der Waals surface area contributed by atoms with Crippen LogP contribution in [0.4, 0.5) is 0 Å². The summed E-state index contributed by atoms with van der Waals surface area (Å²) in [6.45, 7) is 8.26. The van der Waals surface area contributed by atoms with E-state index >= 15 is 0 Å². The number of hydroxylamine groups is 2. The lowest BCUT2D eigenvalue weighted by molar-refractivity contribution is -0.200. The molecule has 3 amide bonds. The summed E-state index contributed by atoms with van der Waals surface area (Å²) >= 11 is 0. The van der Waals surface area contributed by atoms with Gasteiger partial charge in [0.15, 0.2) is 5.76 Å². The standard InChI is InChI=1S/C32H41N3O5.CO2/c1-5-7-9-14-27(28(6-2)35(22-36)39-20-25-12-10-8-11-13-25)31(37)33-21-34-32(38)30-18-17-29(40-30)26-16-15-23(3)24(4)19-26;2-1-3/h8,10-13,15-19,22,27-28H,5-7,9,14,20-21H2,1-4H3,(H,33,37)(H,34,38);/t27-,28-;/m1./s1. The van der Waals surface area contributed by atoms with Crippen LogP contribution >= 0.6 is 0 Å². The molecule has 0 aliphatic heterocycles. The van der Waals surface area contributed by atoms with Gasteiger partial charge in [-0.15, -0.1) is 0 Å². The molecule has 2 atom stereocenters. The van der Waals surface area contributed by atoms with Crippen LogP contribution in [0.25, 0.3) is 11.3 Å². The molecule has 0 saturated carbocycles. The first-order valence-corrected chi connectivity index (χ1v) is 14.4. The molecule has 0 radical (unpaired) electrons. The predicted molar refractivity (Wildman–Crippen MR) is 160 cm³/mol. The van der Waals surface area contributed by atoms with Crippen molar-refractivity contribution in [2.75, 3.05) is 6.67 Å². The van der Waals surface area contributed by atoms with Gasteiger partial charge >= 0.3 is 6.15 Å². The van der Waals surface area contributed by atoms with Crippen LogP contribution in [-0.4, -0.2) is 42.1 Å². The fraction of sp³-hybridized carbons (Fsp3) is 0.394. The first-order chi connectivity index (χ1) is 20.8. The molecule has 2 aromatic carbocycles. The molecule has 0 bridgehead atoms. The number of hydrogen-bond acceptors (Lipinski definition) is 7. The minimum atomic E-state index is -0.491. The molecule has 230 valence electrons. The average Bonchev–Trinajstić information content (AvgIpc) is 3.51. The number of unbranched alkanes of at least 4 members (excludes halogenated alkanes) is 2. The van der Waals surface area contributed by atoms with E-state index in [-0.39, 0.29) is 31.1 Å². The second kappa shape index (κ2) is 18.8. The van der Waals surface area contributed by atoms with Crippen LogP contribution in [0.1, 0.15) is 73.2 Å². The fourth-order valence-electron chi connectivity index (χ4n) is 4.62. The molecule has 2 N–H and O–H groups in total. The van der Waals surface area contributed by atoms with Crippen molar-refractivity contribution < 1.29 is 33.2 Å². The molecule has 10 nitrogen and oxygen atoms in total. The Hall–Kier alpha value is -4.53. The highest BCUT2D eigenvalue weighted by atomic mass is 16.7. The van der Waals surface area contributed by atoms with Crippen molar-refractivity contribution in [3.63, 3.8) is 0 Å². The number of nitrogens with one attached hydrogen (secondary N) is 2. The van der Waals surface area contributed by atoms with Crippen LogP contribution in [0.5, 0.6) is 0 Å². The van der Waals surface area contributed by atoms with E-state index in [1.54, 1.807) is 12.1 Å². The molecule has 10 heteroatoms. The number of nitrogens with zero attached hydrogens (tertiary/aromatic N) is 1. The van der Waals surface area contributed by atoms with E-state index in [2.05, 4.69) is 17.6 Å². The van der Waals surface area contributed by atoms with Gasteiger partial charge in [0.2, 0.25) is 12.3 Å². The fourth-order valence-corrected chi connectivity index (χ4v) is 4.62. The van der Waals surface area contributed by atoms with Gasteiger partial charge < -0.3 is 15.1 Å². The highest BCUT2D eigenvalue weighted by Crippen LogP contribution is 2.25. The first-order valence-electron chi connectivity index (χ1n) is 14.4. The number of hydrogen-bond donors (Lipinski definition) is 2. The lowest BCUT2D eigenvalue weighted by Gasteiger charge is -2.32. The summed E-state index contributed by atoms with van der Waals surface area (Å²) in [6, 6.07) is 18.5. The lowest BCUT2D eigenvalue weighted by atomic mass is 9.90. The highest BCUT2D eigenvalue weighted by Gasteiger charge is 2.32. The molecule has 0 saturated heterocycles. The average molecular weight is 592 g/mol. The smallest absolute Gasteiger partial charge is 0.373 e. The van der Waals surface area contributed by atoms with E-state index < -0.39 is 17.9 Å². The molecule has 0 fully saturated rings. The van der Waals surface area contributed by atoms with Crippen molar-refractivity contribution in [3.05, 3.63) is 83.1 Å². The second-order valence-electron chi connectivity index (χ2n) is 10.1. The van der Waals surface area contributed by atoms with Gasteiger partial charge in [-0.3, -0.25) is 19.2 Å². The second-order valence-corrected chi connectivity index (χ2v) is 10.1. The SMILES string of the molecule is CCCCC[C@@H](C(=O)NCNC(=O)c1ccc(-c2ccc(C)c(C)c2)o1)[C@@H](CC)N(C=O)OCc1ccccc1.O=C=O. The van der Waals surface area contributed by atoms with Gasteiger partial charge in [0.05, 0.1) is 18.6 Å². The minimum Gasteiger partial charge on any atom is -0.451 e. The number of aryl methyl sites for hydroxylation is 2. The van der Waals surface area contributed by atoms with Gasteiger partial charge in [-0.25, -0.2) is 5.06 Å². The Bertz CT molecular complexity index is 1330. The molecule has 1 aromatic heterocycles. The Labute approximate surface area is 252 Å². The van der Waals surface area contributed by atoms with Gasteiger partial charge in [-0.05, 0) is 61.6 Å². The van der Waals surface area contributed by atoms with Crippen molar-refractivity contribution in [2.24, 2.45) is 5.92 Å². The summed E-state index contributed by atoms with van der Waals surface area (Å²) in [5.74, 6) is -0.396. The molecule has 0 aliphatic rings. The maximum absolute atomic E-state index is 13.3. The Morgan fingerprint density at radius 2 is 1.70 bits per heavy atom. The summed E-state index contributed by atoms with van der Waals surface area (Å²) in [5, 5.41) is 6.79.